The van der Waals surface area contributed by atoms with Gasteiger partial charge in [-0.15, -0.1) is 0 Å². The molecule has 11 nitrogen and oxygen atoms in total. The van der Waals surface area contributed by atoms with E-state index in [1.54, 1.807) is 6.08 Å². The molecular weight excluding hydrogens is 522 g/mol. The molecule has 0 radical (unpaired) electrons. The summed E-state index contributed by atoms with van der Waals surface area (Å²) in [6.07, 6.45) is 2.38. The minimum Gasteiger partial charge on any atom is -0.548 e. The quantitative estimate of drug-likeness (QED) is 0.272. The third-order valence-electron chi connectivity index (χ3n) is 10.5. The van der Waals surface area contributed by atoms with Crippen LogP contribution >= 0.6 is 0 Å². The van der Waals surface area contributed by atoms with Crippen molar-refractivity contribution in [2.45, 2.75) is 102 Å². The summed E-state index contributed by atoms with van der Waals surface area (Å²) in [6.45, 7) is 4.45. The fourth-order valence-electron chi connectivity index (χ4n) is 8.33. The van der Waals surface area contributed by atoms with Crippen molar-refractivity contribution in [2.75, 3.05) is 6.61 Å². The lowest BCUT2D eigenvalue weighted by atomic mass is 9.45. The largest absolute Gasteiger partial charge is 0.548 e. The van der Waals surface area contributed by atoms with Crippen molar-refractivity contribution in [1.29, 1.82) is 0 Å². The second-order valence-corrected chi connectivity index (χ2v) is 12.7. The van der Waals surface area contributed by atoms with E-state index in [2.05, 4.69) is 12.2 Å². The van der Waals surface area contributed by atoms with Gasteiger partial charge in [0.1, 0.15) is 5.60 Å². The molecule has 1 amide bonds. The SMILES string of the molecule is C[C@@H](O)[C@H](NC(=O)CCC(=O)OCC(=O)[C@]1(O)CC[C@H]2[C@@H]3CCC4=CC(=O)CC[C@]4(C)[C@H]3[C@H](O)C[C@@]21C)C(=O)[O-]. The van der Waals surface area contributed by atoms with Gasteiger partial charge in [0, 0.05) is 18.3 Å². The van der Waals surface area contributed by atoms with Crippen LogP contribution in [0.4, 0.5) is 0 Å². The van der Waals surface area contributed by atoms with Crippen molar-refractivity contribution in [3.8, 4) is 0 Å². The number of Topliss-reactive ketones (excluding diaryl/α,β-unsaturated/α-hetero) is 1. The number of aliphatic hydroxyl groups excluding tert-OH is 2. The highest BCUT2D eigenvalue weighted by Crippen LogP contribution is 2.67. The Labute approximate surface area is 233 Å². The number of ketones is 2. The highest BCUT2D eigenvalue weighted by molar-refractivity contribution is 5.92. The first-order valence-corrected chi connectivity index (χ1v) is 14.2. The van der Waals surface area contributed by atoms with Gasteiger partial charge in [-0.3, -0.25) is 19.2 Å². The third kappa shape index (κ3) is 5.12. The Morgan fingerprint density at radius 3 is 2.50 bits per heavy atom. The lowest BCUT2D eigenvalue weighted by molar-refractivity contribution is -0.310. The number of hydrogen-bond acceptors (Lipinski definition) is 10. The van der Waals surface area contributed by atoms with Crippen LogP contribution in [-0.4, -0.2) is 75.2 Å². The van der Waals surface area contributed by atoms with Crippen LogP contribution in [0.15, 0.2) is 11.6 Å². The number of nitrogens with one attached hydrogen (secondary N) is 1. The minimum atomic E-state index is -1.79. The zero-order valence-electron chi connectivity index (χ0n) is 23.3. The molecule has 0 spiro atoms. The molecule has 4 rings (SSSR count). The van der Waals surface area contributed by atoms with E-state index in [9.17, 15) is 44.4 Å². The Morgan fingerprint density at radius 1 is 1.15 bits per heavy atom. The molecule has 4 aliphatic carbocycles. The van der Waals surface area contributed by atoms with Crippen molar-refractivity contribution in [1.82, 2.24) is 5.32 Å². The predicted octanol–water partition coefficient (Wildman–Crippen LogP) is -0.272. The maximum absolute atomic E-state index is 13.3. The van der Waals surface area contributed by atoms with Crippen molar-refractivity contribution in [3.63, 3.8) is 0 Å². The highest BCUT2D eigenvalue weighted by Gasteiger charge is 2.68. The molecule has 0 aromatic rings. The van der Waals surface area contributed by atoms with Gasteiger partial charge in [0.15, 0.2) is 12.4 Å². The topological polar surface area (TPSA) is 190 Å². The molecule has 0 unspecified atom stereocenters. The summed E-state index contributed by atoms with van der Waals surface area (Å²) in [4.78, 5) is 60.6. The molecule has 0 heterocycles. The van der Waals surface area contributed by atoms with Crippen molar-refractivity contribution in [2.24, 2.45) is 28.6 Å². The Kier molecular flexibility index (Phi) is 8.33. The van der Waals surface area contributed by atoms with E-state index in [1.165, 1.54) is 6.92 Å². The van der Waals surface area contributed by atoms with E-state index in [-0.39, 0.29) is 41.8 Å². The summed E-state index contributed by atoms with van der Waals surface area (Å²) < 4.78 is 5.08. The number of carbonyl (C=O) groups is 5. The monoisotopic (exact) mass is 562 g/mol. The number of allylic oxidation sites excluding steroid dienone is 1. The molecule has 40 heavy (non-hydrogen) atoms. The highest BCUT2D eigenvalue weighted by atomic mass is 16.5. The van der Waals surface area contributed by atoms with Crippen LogP contribution in [-0.2, 0) is 28.7 Å². The summed E-state index contributed by atoms with van der Waals surface area (Å²) in [5.74, 6) is -3.88. The molecule has 4 N–H and O–H groups in total. The van der Waals surface area contributed by atoms with Gasteiger partial charge in [0.2, 0.25) is 11.7 Å². The van der Waals surface area contributed by atoms with Gasteiger partial charge in [-0.25, -0.2) is 0 Å². The van der Waals surface area contributed by atoms with E-state index < -0.39 is 72.3 Å². The first-order chi connectivity index (χ1) is 18.6. The molecule has 222 valence electrons. The maximum Gasteiger partial charge on any atom is 0.306 e. The summed E-state index contributed by atoms with van der Waals surface area (Å²) in [6, 6.07) is -1.63. The molecule has 3 fully saturated rings. The number of esters is 1. The number of amides is 1. The first kappa shape index (κ1) is 30.3. The number of aliphatic hydroxyl groups is 3. The molecule has 9 atom stereocenters. The lowest BCUT2D eigenvalue weighted by Crippen LogP contribution is -2.62. The van der Waals surface area contributed by atoms with E-state index in [0.717, 1.165) is 18.4 Å². The Balaban J connectivity index is 1.38. The second kappa shape index (κ2) is 11.0. The summed E-state index contributed by atoms with van der Waals surface area (Å²) >= 11 is 0. The Bertz CT molecular complexity index is 1120. The fourth-order valence-corrected chi connectivity index (χ4v) is 8.33. The van der Waals surface area contributed by atoms with Gasteiger partial charge in [-0.2, -0.15) is 0 Å². The van der Waals surface area contributed by atoms with Gasteiger partial charge in [0.25, 0.3) is 0 Å². The van der Waals surface area contributed by atoms with E-state index in [0.29, 0.717) is 19.3 Å². The molecule has 4 aliphatic rings. The molecule has 0 aromatic heterocycles. The fraction of sp³-hybridized carbons (Fsp3) is 0.759. The van der Waals surface area contributed by atoms with Crippen LogP contribution < -0.4 is 10.4 Å². The van der Waals surface area contributed by atoms with E-state index in [4.69, 9.17) is 4.74 Å². The maximum atomic E-state index is 13.3. The molecule has 11 heteroatoms. The second-order valence-electron chi connectivity index (χ2n) is 12.7. The summed E-state index contributed by atoms with van der Waals surface area (Å²) in [5.41, 5.74) is -1.90. The number of carboxylic acids is 1. The smallest absolute Gasteiger partial charge is 0.306 e. The lowest BCUT2D eigenvalue weighted by Gasteiger charge is -2.60. The molecule has 0 aliphatic heterocycles. The molecule has 3 saturated carbocycles. The van der Waals surface area contributed by atoms with Crippen molar-refractivity contribution >= 4 is 29.4 Å². The number of carbonyl (C=O) groups excluding carboxylic acids is 5. The number of carboxylic acid groups (broad SMARTS) is 1. The number of fused-ring (bicyclic) bond motifs is 5. The zero-order chi connectivity index (χ0) is 29.6. The average Bonchev–Trinajstić information content (AvgIpc) is 3.15. The number of ether oxygens (including phenoxy) is 1. The normalized spacial score (nSPS) is 38.1. The Hall–Kier alpha value is -2.63. The van der Waals surface area contributed by atoms with Crippen LogP contribution in [0.1, 0.15) is 78.6 Å². The van der Waals surface area contributed by atoms with Crippen LogP contribution in [0, 0.1) is 28.6 Å². The van der Waals surface area contributed by atoms with Gasteiger partial charge in [0.05, 0.1) is 30.6 Å². The average molecular weight is 563 g/mol. The standard InChI is InChI=1S/C29H41NO10/c1-15(31)25(26(37)38)30-22(35)6-7-23(36)40-14-21(34)29(39)11-9-19-18-5-4-16-12-17(32)8-10-27(16,2)24(18)20(33)13-28(19,29)3/h12,15,18-20,24-25,31,33,39H,4-11,13-14H2,1-3H3,(H,30,35)(H,37,38)/p-1/t15-,18+,19+,20-,24-,25+,27+,28+,29-/m1/s1. The summed E-state index contributed by atoms with van der Waals surface area (Å²) in [7, 11) is 0. The third-order valence-corrected chi connectivity index (χ3v) is 10.5. The van der Waals surface area contributed by atoms with Crippen molar-refractivity contribution in [3.05, 3.63) is 11.6 Å². The Morgan fingerprint density at radius 2 is 1.85 bits per heavy atom. The van der Waals surface area contributed by atoms with Gasteiger partial charge in [-0.05, 0) is 74.7 Å². The molecule has 0 aromatic carbocycles. The predicted molar refractivity (Wildman–Crippen MR) is 137 cm³/mol. The zero-order valence-corrected chi connectivity index (χ0v) is 23.3. The van der Waals surface area contributed by atoms with E-state index >= 15 is 0 Å². The molecule has 0 saturated heterocycles. The number of hydrogen-bond donors (Lipinski definition) is 4. The van der Waals surface area contributed by atoms with Gasteiger partial charge in [-0.1, -0.05) is 19.4 Å². The van der Waals surface area contributed by atoms with Crippen LogP contribution in [0.25, 0.3) is 0 Å². The van der Waals surface area contributed by atoms with Crippen LogP contribution in [0.2, 0.25) is 0 Å². The first-order valence-electron chi connectivity index (χ1n) is 14.2. The van der Waals surface area contributed by atoms with Gasteiger partial charge >= 0.3 is 5.97 Å². The van der Waals surface area contributed by atoms with Crippen LogP contribution in [0.5, 0.6) is 0 Å². The number of rotatable bonds is 9. The number of aliphatic carboxylic acids is 1. The molecular formula is C29H40NO10-. The van der Waals surface area contributed by atoms with Gasteiger partial charge < -0.3 is 35.3 Å². The minimum absolute atomic E-state index is 0.0177. The van der Waals surface area contributed by atoms with Crippen molar-refractivity contribution < 1.29 is 49.1 Å². The summed E-state index contributed by atoms with van der Waals surface area (Å²) in [5, 5.41) is 45.7. The molecule has 0 bridgehead atoms. The van der Waals surface area contributed by atoms with E-state index in [1.807, 2.05) is 6.92 Å². The van der Waals surface area contributed by atoms with Crippen LogP contribution in [0.3, 0.4) is 0 Å².